The highest BCUT2D eigenvalue weighted by molar-refractivity contribution is 5.93. The number of amides is 1. The summed E-state index contributed by atoms with van der Waals surface area (Å²) in [6.45, 7) is 4.17. The number of piperazine rings is 1. The molecule has 0 unspecified atom stereocenters. The number of nitrogens with zero attached hydrogens (tertiary/aromatic N) is 2. The fourth-order valence-corrected chi connectivity index (χ4v) is 2.91. The van der Waals surface area contributed by atoms with E-state index < -0.39 is 11.6 Å². The minimum Gasteiger partial charge on any atom is -0.472 e. The van der Waals surface area contributed by atoms with E-state index in [1.54, 1.807) is 11.0 Å². The van der Waals surface area contributed by atoms with Crippen LogP contribution in [-0.4, -0.2) is 41.9 Å². The summed E-state index contributed by atoms with van der Waals surface area (Å²) < 4.78 is 32.2. The van der Waals surface area contributed by atoms with Crippen LogP contribution in [0, 0.1) is 11.6 Å². The second-order valence-corrected chi connectivity index (χ2v) is 5.68. The molecule has 23 heavy (non-hydrogen) atoms. The predicted molar refractivity (Wildman–Crippen MR) is 81.0 cm³/mol. The Morgan fingerprint density at radius 3 is 2.57 bits per heavy atom. The minimum atomic E-state index is -0.443. The molecule has 0 bridgehead atoms. The van der Waals surface area contributed by atoms with Crippen molar-refractivity contribution in [1.82, 2.24) is 9.80 Å². The highest BCUT2D eigenvalue weighted by atomic mass is 19.1. The molecule has 1 aliphatic heterocycles. The van der Waals surface area contributed by atoms with E-state index in [4.69, 9.17) is 4.42 Å². The highest BCUT2D eigenvalue weighted by Gasteiger charge is 2.27. The molecule has 1 amide bonds. The molecule has 0 radical (unpaired) electrons. The number of furan rings is 1. The van der Waals surface area contributed by atoms with Crippen molar-refractivity contribution >= 4 is 5.91 Å². The topological polar surface area (TPSA) is 36.7 Å². The van der Waals surface area contributed by atoms with E-state index in [-0.39, 0.29) is 11.9 Å². The standard InChI is InChI=1S/C17H18F2N2O2/c1-12(15-10-14(18)2-3-16(15)19)20-5-7-21(8-6-20)17(22)13-4-9-23-11-13/h2-4,9-12H,5-8H2,1H3/t12-/m1/s1. The normalized spacial score (nSPS) is 17.3. The van der Waals surface area contributed by atoms with E-state index in [1.807, 2.05) is 6.92 Å². The van der Waals surface area contributed by atoms with Crippen molar-refractivity contribution in [2.24, 2.45) is 0 Å². The predicted octanol–water partition coefficient (Wildman–Crippen LogP) is 3.08. The van der Waals surface area contributed by atoms with Crippen molar-refractivity contribution in [3.63, 3.8) is 0 Å². The number of carbonyl (C=O) groups is 1. The Hall–Kier alpha value is -2.21. The van der Waals surface area contributed by atoms with Crippen LogP contribution in [0.15, 0.2) is 41.2 Å². The van der Waals surface area contributed by atoms with Crippen molar-refractivity contribution in [1.29, 1.82) is 0 Å². The molecule has 4 nitrogen and oxygen atoms in total. The van der Waals surface area contributed by atoms with Gasteiger partial charge in [0.05, 0.1) is 11.8 Å². The van der Waals surface area contributed by atoms with Gasteiger partial charge in [-0.3, -0.25) is 9.69 Å². The summed E-state index contributed by atoms with van der Waals surface area (Å²) in [6.07, 6.45) is 2.90. The van der Waals surface area contributed by atoms with Crippen molar-refractivity contribution in [3.8, 4) is 0 Å². The molecule has 1 aromatic carbocycles. The Bertz CT molecular complexity index is 680. The van der Waals surface area contributed by atoms with E-state index in [0.717, 1.165) is 12.1 Å². The molecular weight excluding hydrogens is 302 g/mol. The summed E-state index contributed by atoms with van der Waals surface area (Å²) >= 11 is 0. The number of halogens is 2. The SMILES string of the molecule is C[C@H](c1cc(F)ccc1F)N1CCN(C(=O)c2ccoc2)CC1. The molecule has 2 aromatic rings. The molecule has 0 spiro atoms. The van der Waals surface area contributed by atoms with Crippen molar-refractivity contribution in [2.75, 3.05) is 26.2 Å². The lowest BCUT2D eigenvalue weighted by Crippen LogP contribution is -2.49. The first-order chi connectivity index (χ1) is 11.1. The molecule has 3 rings (SSSR count). The summed E-state index contributed by atoms with van der Waals surface area (Å²) in [4.78, 5) is 16.0. The lowest BCUT2D eigenvalue weighted by Gasteiger charge is -2.38. The largest absolute Gasteiger partial charge is 0.472 e. The van der Waals surface area contributed by atoms with Gasteiger partial charge in [-0.25, -0.2) is 8.78 Å². The van der Waals surface area contributed by atoms with Crippen LogP contribution in [-0.2, 0) is 0 Å². The summed E-state index contributed by atoms with van der Waals surface area (Å²) in [5, 5.41) is 0. The average molecular weight is 320 g/mol. The minimum absolute atomic E-state index is 0.0667. The van der Waals surface area contributed by atoms with Crippen LogP contribution in [0.4, 0.5) is 8.78 Å². The van der Waals surface area contributed by atoms with Gasteiger partial charge >= 0.3 is 0 Å². The quantitative estimate of drug-likeness (QED) is 0.872. The van der Waals surface area contributed by atoms with E-state index in [2.05, 4.69) is 4.90 Å². The molecule has 1 atom stereocenters. The maximum Gasteiger partial charge on any atom is 0.257 e. The first-order valence-electron chi connectivity index (χ1n) is 7.56. The molecule has 2 heterocycles. The summed E-state index contributed by atoms with van der Waals surface area (Å²) in [7, 11) is 0. The van der Waals surface area contributed by atoms with Gasteiger partial charge in [0.2, 0.25) is 0 Å². The second-order valence-electron chi connectivity index (χ2n) is 5.68. The molecule has 1 saturated heterocycles. The molecule has 0 saturated carbocycles. The van der Waals surface area contributed by atoms with Gasteiger partial charge in [-0.2, -0.15) is 0 Å². The Balaban J connectivity index is 1.64. The van der Waals surface area contributed by atoms with E-state index in [1.165, 1.54) is 18.6 Å². The van der Waals surface area contributed by atoms with Gasteiger partial charge in [0, 0.05) is 37.8 Å². The molecule has 6 heteroatoms. The fourth-order valence-electron chi connectivity index (χ4n) is 2.91. The Labute approximate surface area is 133 Å². The van der Waals surface area contributed by atoms with Crippen molar-refractivity contribution in [2.45, 2.75) is 13.0 Å². The molecule has 0 N–H and O–H groups in total. The first-order valence-corrected chi connectivity index (χ1v) is 7.56. The molecule has 1 fully saturated rings. The van der Waals surface area contributed by atoms with Crippen LogP contribution < -0.4 is 0 Å². The van der Waals surface area contributed by atoms with Crippen molar-refractivity contribution < 1.29 is 18.0 Å². The molecular formula is C17H18F2N2O2. The lowest BCUT2D eigenvalue weighted by atomic mass is 10.0. The summed E-state index contributed by atoms with van der Waals surface area (Å²) in [6, 6.07) is 4.91. The average Bonchev–Trinajstić information content (AvgIpc) is 3.10. The Kier molecular flexibility index (Phi) is 4.43. The zero-order valence-electron chi connectivity index (χ0n) is 12.8. The van der Waals surface area contributed by atoms with Gasteiger partial charge in [-0.1, -0.05) is 0 Å². The third-order valence-corrected chi connectivity index (χ3v) is 4.33. The van der Waals surface area contributed by atoms with E-state index >= 15 is 0 Å². The van der Waals surface area contributed by atoms with Gasteiger partial charge in [-0.05, 0) is 31.2 Å². The van der Waals surface area contributed by atoms with Crippen LogP contribution >= 0.6 is 0 Å². The molecule has 0 aliphatic carbocycles. The van der Waals surface area contributed by atoms with Gasteiger partial charge in [0.1, 0.15) is 17.9 Å². The Morgan fingerprint density at radius 1 is 1.17 bits per heavy atom. The van der Waals surface area contributed by atoms with Crippen LogP contribution in [0.1, 0.15) is 28.9 Å². The summed E-state index contributed by atoms with van der Waals surface area (Å²) in [5.41, 5.74) is 0.877. The highest BCUT2D eigenvalue weighted by Crippen LogP contribution is 2.25. The van der Waals surface area contributed by atoms with Crippen LogP contribution in [0.3, 0.4) is 0 Å². The van der Waals surface area contributed by atoms with Crippen LogP contribution in [0.2, 0.25) is 0 Å². The second kappa shape index (κ2) is 6.50. The maximum absolute atomic E-state index is 13.9. The first kappa shape index (κ1) is 15.7. The zero-order valence-corrected chi connectivity index (χ0v) is 12.8. The van der Waals surface area contributed by atoms with Gasteiger partial charge in [0.25, 0.3) is 5.91 Å². The monoisotopic (exact) mass is 320 g/mol. The van der Waals surface area contributed by atoms with Crippen LogP contribution in [0.5, 0.6) is 0 Å². The van der Waals surface area contributed by atoms with E-state index in [0.29, 0.717) is 37.3 Å². The zero-order chi connectivity index (χ0) is 16.4. The fraction of sp³-hybridized carbons (Fsp3) is 0.353. The number of carbonyl (C=O) groups excluding carboxylic acids is 1. The van der Waals surface area contributed by atoms with E-state index in [9.17, 15) is 13.6 Å². The molecule has 1 aromatic heterocycles. The summed E-state index contributed by atoms with van der Waals surface area (Å²) in [5.74, 6) is -0.916. The number of hydrogen-bond donors (Lipinski definition) is 0. The number of hydrogen-bond acceptors (Lipinski definition) is 3. The third-order valence-electron chi connectivity index (χ3n) is 4.33. The maximum atomic E-state index is 13.9. The molecule has 122 valence electrons. The lowest BCUT2D eigenvalue weighted by molar-refractivity contribution is 0.0578. The Morgan fingerprint density at radius 2 is 1.91 bits per heavy atom. The van der Waals surface area contributed by atoms with Gasteiger partial charge in [0.15, 0.2) is 0 Å². The van der Waals surface area contributed by atoms with Gasteiger partial charge in [-0.15, -0.1) is 0 Å². The molecule has 1 aliphatic rings. The van der Waals surface area contributed by atoms with Gasteiger partial charge < -0.3 is 9.32 Å². The third kappa shape index (κ3) is 3.27. The number of benzene rings is 1. The smallest absolute Gasteiger partial charge is 0.257 e. The van der Waals surface area contributed by atoms with Crippen LogP contribution in [0.25, 0.3) is 0 Å². The number of rotatable bonds is 3. The van der Waals surface area contributed by atoms with Crippen molar-refractivity contribution in [3.05, 3.63) is 59.6 Å².